The highest BCUT2D eigenvalue weighted by atomic mass is 35.5. The van der Waals surface area contributed by atoms with Gasteiger partial charge in [-0.2, -0.15) is 0 Å². The summed E-state index contributed by atoms with van der Waals surface area (Å²) >= 11 is 6.12. The molecule has 2 aromatic rings. The maximum atomic E-state index is 12.3. The molecule has 2 atom stereocenters. The second kappa shape index (κ2) is 8.66. The van der Waals surface area contributed by atoms with Gasteiger partial charge in [0.2, 0.25) is 5.91 Å². The van der Waals surface area contributed by atoms with Crippen molar-refractivity contribution in [1.29, 1.82) is 0 Å². The summed E-state index contributed by atoms with van der Waals surface area (Å²) in [4.78, 5) is 12.3. The normalized spacial score (nSPS) is 17.0. The van der Waals surface area contributed by atoms with Gasteiger partial charge in [-0.05, 0) is 66.5 Å². The minimum Gasteiger partial charge on any atom is -0.497 e. The fourth-order valence-corrected chi connectivity index (χ4v) is 3.70. The number of carbonyl (C=O) groups excluding carboxylic acids is 1. The molecular formula is C22H26ClNO3. The molecule has 5 heteroatoms. The third kappa shape index (κ3) is 4.38. The zero-order chi connectivity index (χ0) is 19.4. The molecule has 0 aromatic heterocycles. The van der Waals surface area contributed by atoms with Crippen molar-refractivity contribution in [2.24, 2.45) is 0 Å². The Hall–Kier alpha value is -2.20. The zero-order valence-corrected chi connectivity index (χ0v) is 16.8. The highest BCUT2D eigenvalue weighted by Crippen LogP contribution is 2.38. The van der Waals surface area contributed by atoms with Crippen LogP contribution in [0.1, 0.15) is 42.4 Å². The number of rotatable bonds is 6. The van der Waals surface area contributed by atoms with Crippen LogP contribution in [0.3, 0.4) is 0 Å². The van der Waals surface area contributed by atoms with Gasteiger partial charge in [0, 0.05) is 11.8 Å². The van der Waals surface area contributed by atoms with Crippen molar-refractivity contribution in [3.8, 4) is 11.5 Å². The van der Waals surface area contributed by atoms with Crippen molar-refractivity contribution in [3.05, 3.63) is 53.1 Å². The van der Waals surface area contributed by atoms with Crippen LogP contribution in [-0.4, -0.2) is 25.5 Å². The number of alkyl halides is 1. The lowest BCUT2D eigenvalue weighted by Crippen LogP contribution is -2.24. The van der Waals surface area contributed by atoms with Crippen molar-refractivity contribution < 1.29 is 14.3 Å². The van der Waals surface area contributed by atoms with E-state index in [0.717, 1.165) is 42.0 Å². The molecule has 4 nitrogen and oxygen atoms in total. The number of ether oxygens (including phenoxy) is 2. The zero-order valence-electron chi connectivity index (χ0n) is 16.0. The van der Waals surface area contributed by atoms with Crippen LogP contribution in [0.25, 0.3) is 0 Å². The molecule has 0 spiro atoms. The molecule has 0 bridgehead atoms. The van der Waals surface area contributed by atoms with Gasteiger partial charge in [-0.3, -0.25) is 4.79 Å². The minimum absolute atomic E-state index is 0.172. The number of nitrogens with one attached hydrogen (secondary N) is 1. The third-order valence-electron chi connectivity index (χ3n) is 5.24. The highest BCUT2D eigenvalue weighted by molar-refractivity contribution is 6.32. The van der Waals surface area contributed by atoms with E-state index in [-0.39, 0.29) is 5.91 Å². The molecule has 0 aliphatic heterocycles. The largest absolute Gasteiger partial charge is 0.497 e. The summed E-state index contributed by atoms with van der Waals surface area (Å²) in [5.74, 6) is 1.78. The number of aryl methyl sites for hydroxylation is 1. The summed E-state index contributed by atoms with van der Waals surface area (Å²) in [6.45, 7) is 1.90. The molecule has 1 amide bonds. The van der Waals surface area contributed by atoms with Crippen LogP contribution in [0, 0.1) is 0 Å². The maximum Gasteiger partial charge on any atom is 0.242 e. The number of anilines is 1. The van der Waals surface area contributed by atoms with E-state index in [1.54, 1.807) is 14.2 Å². The molecule has 2 unspecified atom stereocenters. The number of methoxy groups -OCH3 is 2. The number of carbonyl (C=O) groups is 1. The third-order valence-corrected chi connectivity index (χ3v) is 5.75. The number of benzene rings is 2. The second-order valence-electron chi connectivity index (χ2n) is 6.89. The number of amides is 1. The summed E-state index contributed by atoms with van der Waals surface area (Å²) < 4.78 is 10.7. The summed E-state index contributed by atoms with van der Waals surface area (Å²) in [6, 6.07) is 12.2. The van der Waals surface area contributed by atoms with Gasteiger partial charge in [-0.15, -0.1) is 11.6 Å². The van der Waals surface area contributed by atoms with Crippen molar-refractivity contribution in [1.82, 2.24) is 0 Å². The molecule has 3 rings (SSSR count). The molecule has 0 radical (unpaired) electrons. The monoisotopic (exact) mass is 387 g/mol. The van der Waals surface area contributed by atoms with Crippen LogP contribution in [0.5, 0.6) is 11.5 Å². The fourth-order valence-electron chi connectivity index (χ4n) is 3.65. The molecule has 0 saturated carbocycles. The Morgan fingerprint density at radius 3 is 2.56 bits per heavy atom. The maximum absolute atomic E-state index is 12.3. The van der Waals surface area contributed by atoms with Gasteiger partial charge in [0.25, 0.3) is 0 Å². The van der Waals surface area contributed by atoms with Crippen LogP contribution in [0.4, 0.5) is 5.69 Å². The van der Waals surface area contributed by atoms with Crippen molar-refractivity contribution in [3.63, 3.8) is 0 Å². The molecule has 0 saturated heterocycles. The molecular weight excluding hydrogens is 362 g/mol. The van der Waals surface area contributed by atoms with E-state index in [1.165, 1.54) is 11.1 Å². The van der Waals surface area contributed by atoms with Gasteiger partial charge in [-0.1, -0.05) is 19.1 Å². The average molecular weight is 388 g/mol. The van der Waals surface area contributed by atoms with Gasteiger partial charge >= 0.3 is 0 Å². The summed E-state index contributed by atoms with van der Waals surface area (Å²) in [7, 11) is 3.32. The Labute approximate surface area is 165 Å². The van der Waals surface area contributed by atoms with Crippen molar-refractivity contribution in [2.75, 3.05) is 19.5 Å². The topological polar surface area (TPSA) is 47.6 Å². The second-order valence-corrected chi connectivity index (χ2v) is 7.42. The fraction of sp³-hybridized carbons (Fsp3) is 0.409. The lowest BCUT2D eigenvalue weighted by Gasteiger charge is -2.27. The van der Waals surface area contributed by atoms with Gasteiger partial charge in [0.05, 0.1) is 14.2 Å². The van der Waals surface area contributed by atoms with Crippen molar-refractivity contribution >= 4 is 23.2 Å². The minimum atomic E-state index is -0.538. The Morgan fingerprint density at radius 2 is 1.85 bits per heavy atom. The molecule has 1 aliphatic carbocycles. The number of fused-ring (bicyclic) bond motifs is 1. The lowest BCUT2D eigenvalue weighted by molar-refractivity contribution is -0.115. The standard InChI is InChI=1S/C22H26ClNO3/c1-4-20(23)22(25)24-21-13-18(27-3)9-10-19(21)16-6-5-15-12-17(26-2)8-7-14(15)11-16/h7-10,12-13,16,20H,4-6,11H2,1-3H3,(H,24,25). The molecule has 0 heterocycles. The van der Waals surface area contributed by atoms with E-state index in [2.05, 4.69) is 23.5 Å². The number of halogens is 1. The molecule has 2 aromatic carbocycles. The van der Waals surface area contributed by atoms with Gasteiger partial charge in [0.1, 0.15) is 16.9 Å². The quantitative estimate of drug-likeness (QED) is 0.714. The van der Waals surface area contributed by atoms with E-state index in [1.807, 2.05) is 25.1 Å². The molecule has 0 fully saturated rings. The molecule has 1 N–H and O–H groups in total. The number of hydrogen-bond acceptors (Lipinski definition) is 3. The highest BCUT2D eigenvalue weighted by Gasteiger charge is 2.24. The molecule has 144 valence electrons. The first-order valence-corrected chi connectivity index (χ1v) is 9.78. The van der Waals surface area contributed by atoms with E-state index in [9.17, 15) is 4.79 Å². The Kier molecular flexibility index (Phi) is 6.27. The van der Waals surface area contributed by atoms with Gasteiger partial charge in [0.15, 0.2) is 0 Å². The van der Waals surface area contributed by atoms with Crippen LogP contribution < -0.4 is 14.8 Å². The van der Waals surface area contributed by atoms with E-state index >= 15 is 0 Å². The summed E-state index contributed by atoms with van der Waals surface area (Å²) in [6.07, 6.45) is 3.54. The molecule has 1 aliphatic rings. The first-order valence-electron chi connectivity index (χ1n) is 9.34. The Balaban J connectivity index is 1.88. The first kappa shape index (κ1) is 19.6. The SMILES string of the molecule is CCC(Cl)C(=O)Nc1cc(OC)ccc1C1CCc2cc(OC)ccc2C1. The van der Waals surface area contributed by atoms with Crippen molar-refractivity contribution in [2.45, 2.75) is 43.9 Å². The van der Waals surface area contributed by atoms with E-state index < -0.39 is 5.38 Å². The van der Waals surface area contributed by atoms with Crippen LogP contribution in [0.2, 0.25) is 0 Å². The lowest BCUT2D eigenvalue weighted by atomic mass is 9.79. The summed E-state index contributed by atoms with van der Waals surface area (Å²) in [5, 5.41) is 2.47. The Morgan fingerprint density at radius 1 is 1.15 bits per heavy atom. The van der Waals surface area contributed by atoms with Crippen LogP contribution in [-0.2, 0) is 17.6 Å². The van der Waals surface area contributed by atoms with Crippen LogP contribution >= 0.6 is 11.6 Å². The van der Waals surface area contributed by atoms with Gasteiger partial charge in [-0.25, -0.2) is 0 Å². The van der Waals surface area contributed by atoms with Crippen LogP contribution in [0.15, 0.2) is 36.4 Å². The van der Waals surface area contributed by atoms with E-state index in [4.69, 9.17) is 21.1 Å². The van der Waals surface area contributed by atoms with Gasteiger partial charge < -0.3 is 14.8 Å². The molecule has 27 heavy (non-hydrogen) atoms. The average Bonchev–Trinajstić information content (AvgIpc) is 2.72. The Bertz CT molecular complexity index is 821. The van der Waals surface area contributed by atoms with E-state index in [0.29, 0.717) is 12.3 Å². The first-order chi connectivity index (χ1) is 13.0. The number of hydrogen-bond donors (Lipinski definition) is 1. The summed E-state index contributed by atoms with van der Waals surface area (Å²) in [5.41, 5.74) is 4.60. The predicted molar refractivity (Wildman–Crippen MR) is 109 cm³/mol. The smallest absolute Gasteiger partial charge is 0.242 e. The predicted octanol–water partition coefficient (Wildman–Crippen LogP) is 4.93.